The molecule has 0 N–H and O–H groups in total. The van der Waals surface area contributed by atoms with Crippen LogP contribution < -0.4 is 0 Å². The minimum Gasteiger partial charge on any atom is -0.227 e. The Morgan fingerprint density at radius 1 is 1.71 bits per heavy atom. The lowest BCUT2D eigenvalue weighted by Gasteiger charge is -1.64. The molecule has 0 saturated carbocycles. The SMILES string of the molecule is [C-]#[N+]c1cccs1. The highest BCUT2D eigenvalue weighted by atomic mass is 32.1. The van der Waals surface area contributed by atoms with Gasteiger partial charge in [0.15, 0.2) is 0 Å². The molecule has 1 heterocycles. The summed E-state index contributed by atoms with van der Waals surface area (Å²) in [7, 11) is 0. The van der Waals surface area contributed by atoms with Crippen LogP contribution in [-0.2, 0) is 0 Å². The van der Waals surface area contributed by atoms with Gasteiger partial charge >= 0.3 is 0 Å². The Hall–Kier alpha value is -0.810. The maximum absolute atomic E-state index is 6.50. The third-order valence-electron chi connectivity index (χ3n) is 0.616. The van der Waals surface area contributed by atoms with E-state index in [0.29, 0.717) is 0 Å². The summed E-state index contributed by atoms with van der Waals surface area (Å²) < 4.78 is 0. The fraction of sp³-hybridized carbons (Fsp3) is 0. The second-order valence-electron chi connectivity index (χ2n) is 1.06. The Balaban J connectivity index is 3.04. The van der Waals surface area contributed by atoms with Crippen LogP contribution in [0.4, 0.5) is 5.00 Å². The summed E-state index contributed by atoms with van der Waals surface area (Å²) in [5.74, 6) is 0. The summed E-state index contributed by atoms with van der Waals surface area (Å²) in [4.78, 5) is 3.20. The second-order valence-corrected chi connectivity index (χ2v) is 1.99. The molecule has 1 nitrogen and oxygen atoms in total. The predicted molar refractivity (Wildman–Crippen MR) is 30.6 cm³/mol. The minimum atomic E-state index is 0.764. The molecule has 0 atom stereocenters. The van der Waals surface area contributed by atoms with Crippen LogP contribution in [0.25, 0.3) is 4.85 Å². The van der Waals surface area contributed by atoms with E-state index >= 15 is 0 Å². The molecular formula is C5H3NS. The summed E-state index contributed by atoms with van der Waals surface area (Å²) in [6, 6.07) is 3.68. The highest BCUT2D eigenvalue weighted by Gasteiger charge is 1.82. The van der Waals surface area contributed by atoms with Crippen LogP contribution in [0.1, 0.15) is 0 Å². The molecule has 0 fully saturated rings. The molecule has 0 aliphatic carbocycles. The van der Waals surface area contributed by atoms with E-state index in [-0.39, 0.29) is 0 Å². The zero-order valence-electron chi connectivity index (χ0n) is 3.59. The first-order valence-electron chi connectivity index (χ1n) is 1.84. The summed E-state index contributed by atoms with van der Waals surface area (Å²) in [6.07, 6.45) is 0. The van der Waals surface area contributed by atoms with Crippen LogP contribution in [-0.4, -0.2) is 0 Å². The van der Waals surface area contributed by atoms with Crippen molar-refractivity contribution in [1.29, 1.82) is 0 Å². The lowest BCUT2D eigenvalue weighted by molar-refractivity contribution is 2.00. The third kappa shape index (κ3) is 0.787. The van der Waals surface area contributed by atoms with Crippen LogP contribution in [0.2, 0.25) is 0 Å². The first-order chi connectivity index (χ1) is 3.43. The van der Waals surface area contributed by atoms with E-state index in [1.54, 1.807) is 6.07 Å². The summed E-state index contributed by atoms with van der Waals surface area (Å²) >= 11 is 1.47. The number of hydrogen-bond donors (Lipinski definition) is 0. The molecule has 0 amide bonds. The molecule has 34 valence electrons. The summed E-state index contributed by atoms with van der Waals surface area (Å²) in [5.41, 5.74) is 0. The van der Waals surface area contributed by atoms with Gasteiger partial charge in [0.2, 0.25) is 5.00 Å². The number of hydrogen-bond acceptors (Lipinski definition) is 1. The molecule has 0 spiro atoms. The first-order valence-corrected chi connectivity index (χ1v) is 2.72. The molecule has 0 radical (unpaired) electrons. The molecule has 0 bridgehead atoms. The molecular weight excluding hydrogens is 106 g/mol. The average molecular weight is 109 g/mol. The topological polar surface area (TPSA) is 4.36 Å². The smallest absolute Gasteiger partial charge is 0.227 e. The number of thiophene rings is 1. The van der Waals surface area contributed by atoms with Crippen molar-refractivity contribution in [2.75, 3.05) is 0 Å². The number of nitrogens with zero attached hydrogens (tertiary/aromatic N) is 1. The van der Waals surface area contributed by atoms with Crippen molar-refractivity contribution in [2.45, 2.75) is 0 Å². The summed E-state index contributed by atoms with van der Waals surface area (Å²) in [5, 5.41) is 2.66. The van der Waals surface area contributed by atoms with Crippen molar-refractivity contribution in [3.05, 3.63) is 28.9 Å². The van der Waals surface area contributed by atoms with Crippen molar-refractivity contribution in [1.82, 2.24) is 0 Å². The van der Waals surface area contributed by atoms with Gasteiger partial charge in [-0.15, -0.1) is 0 Å². The molecule has 1 aromatic rings. The summed E-state index contributed by atoms with van der Waals surface area (Å²) in [6.45, 7) is 6.50. The second kappa shape index (κ2) is 1.76. The average Bonchev–Trinajstić information content (AvgIpc) is 2.14. The molecule has 0 unspecified atom stereocenters. The standard InChI is InChI=1S/C5H3NS/c1-6-5-3-2-4-7-5/h2-4H. The first kappa shape index (κ1) is 4.35. The van der Waals surface area contributed by atoms with Crippen LogP contribution in [0, 0.1) is 6.57 Å². The van der Waals surface area contributed by atoms with E-state index in [9.17, 15) is 0 Å². The Bertz CT molecular complexity index is 170. The van der Waals surface area contributed by atoms with Gasteiger partial charge in [0, 0.05) is 0 Å². The van der Waals surface area contributed by atoms with Crippen LogP contribution in [0.3, 0.4) is 0 Å². The zero-order valence-corrected chi connectivity index (χ0v) is 4.40. The molecule has 2 heteroatoms. The molecule has 7 heavy (non-hydrogen) atoms. The van der Waals surface area contributed by atoms with E-state index in [2.05, 4.69) is 4.85 Å². The molecule has 0 aliphatic heterocycles. The van der Waals surface area contributed by atoms with Gasteiger partial charge in [-0.3, -0.25) is 0 Å². The third-order valence-corrected chi connectivity index (χ3v) is 1.38. The normalized spacial score (nSPS) is 7.86. The molecule has 0 aliphatic rings. The van der Waals surface area contributed by atoms with Gasteiger partial charge in [0.05, 0.1) is 6.57 Å². The van der Waals surface area contributed by atoms with Crippen LogP contribution >= 0.6 is 11.3 Å². The highest BCUT2D eigenvalue weighted by molar-refractivity contribution is 7.14. The molecule has 0 aromatic carbocycles. The molecule has 1 aromatic heterocycles. The maximum atomic E-state index is 6.50. The highest BCUT2D eigenvalue weighted by Crippen LogP contribution is 2.17. The monoisotopic (exact) mass is 109 g/mol. The van der Waals surface area contributed by atoms with Crippen LogP contribution in [0.5, 0.6) is 0 Å². The van der Waals surface area contributed by atoms with Gasteiger partial charge < -0.3 is 0 Å². The van der Waals surface area contributed by atoms with Crippen molar-refractivity contribution in [3.63, 3.8) is 0 Å². The Kier molecular flexibility index (Phi) is 1.10. The lowest BCUT2D eigenvalue weighted by Crippen LogP contribution is -1.30. The fourth-order valence-corrected chi connectivity index (χ4v) is 0.840. The Labute approximate surface area is 46.0 Å². The zero-order chi connectivity index (χ0) is 5.11. The Morgan fingerprint density at radius 3 is 2.86 bits per heavy atom. The minimum absolute atomic E-state index is 0.764. The van der Waals surface area contributed by atoms with E-state index in [1.807, 2.05) is 11.4 Å². The molecule has 1 rings (SSSR count). The lowest BCUT2D eigenvalue weighted by atomic mass is 10.6. The van der Waals surface area contributed by atoms with E-state index < -0.39 is 0 Å². The maximum Gasteiger partial charge on any atom is 0.241 e. The van der Waals surface area contributed by atoms with Gasteiger partial charge in [-0.25, -0.2) is 4.85 Å². The van der Waals surface area contributed by atoms with E-state index in [0.717, 1.165) is 5.00 Å². The van der Waals surface area contributed by atoms with E-state index in [1.165, 1.54) is 11.3 Å². The fourth-order valence-electron chi connectivity index (χ4n) is 0.334. The van der Waals surface area contributed by atoms with Crippen molar-refractivity contribution in [3.8, 4) is 0 Å². The predicted octanol–water partition coefficient (Wildman–Crippen LogP) is 2.30. The number of rotatable bonds is 0. The Morgan fingerprint density at radius 2 is 2.57 bits per heavy atom. The van der Waals surface area contributed by atoms with Crippen molar-refractivity contribution >= 4 is 16.3 Å². The van der Waals surface area contributed by atoms with Gasteiger partial charge in [-0.1, -0.05) is 6.07 Å². The van der Waals surface area contributed by atoms with E-state index in [4.69, 9.17) is 6.57 Å². The molecule has 0 saturated heterocycles. The van der Waals surface area contributed by atoms with Gasteiger partial charge in [0.1, 0.15) is 0 Å². The van der Waals surface area contributed by atoms with Gasteiger partial charge in [-0.2, -0.15) is 11.3 Å². The van der Waals surface area contributed by atoms with Crippen molar-refractivity contribution in [2.24, 2.45) is 0 Å². The van der Waals surface area contributed by atoms with Gasteiger partial charge in [0.25, 0.3) is 0 Å². The largest absolute Gasteiger partial charge is 0.241 e. The van der Waals surface area contributed by atoms with Crippen molar-refractivity contribution < 1.29 is 0 Å². The quantitative estimate of drug-likeness (QED) is 0.450. The van der Waals surface area contributed by atoms with Gasteiger partial charge in [-0.05, 0) is 11.4 Å². The van der Waals surface area contributed by atoms with Crippen LogP contribution in [0.15, 0.2) is 17.5 Å².